The lowest BCUT2D eigenvalue weighted by Crippen LogP contribution is -2.33. The van der Waals surface area contributed by atoms with E-state index in [0.717, 1.165) is 11.3 Å². The lowest BCUT2D eigenvalue weighted by atomic mass is 10.1. The molecule has 0 saturated heterocycles. The molecule has 0 aliphatic rings. The predicted molar refractivity (Wildman–Crippen MR) is 107 cm³/mol. The Bertz CT molecular complexity index is 774. The molecule has 2 aromatic rings. The summed E-state index contributed by atoms with van der Waals surface area (Å²) in [5, 5.41) is 2.79. The van der Waals surface area contributed by atoms with Crippen LogP contribution in [0.5, 0.6) is 0 Å². The minimum Gasteiger partial charge on any atom is -0.459 e. The van der Waals surface area contributed by atoms with Crippen molar-refractivity contribution in [3.8, 4) is 0 Å². The predicted octanol–water partition coefficient (Wildman–Crippen LogP) is 2.22. The van der Waals surface area contributed by atoms with Crippen molar-refractivity contribution in [2.24, 2.45) is 0 Å². The second kappa shape index (κ2) is 10.5. The minimum atomic E-state index is -0.242. The first kappa shape index (κ1) is 21.5. The molecule has 2 rings (SSSR count). The maximum absolute atomic E-state index is 12.8. The van der Waals surface area contributed by atoms with Crippen LogP contribution in [0, 0.1) is 0 Å². The van der Waals surface area contributed by atoms with E-state index in [9.17, 15) is 9.59 Å². The number of methoxy groups -OCH3 is 2. The van der Waals surface area contributed by atoms with Gasteiger partial charge >= 0.3 is 0 Å². The number of anilines is 2. The second-order valence-corrected chi connectivity index (χ2v) is 6.42. The molecule has 1 aromatic heterocycles. The van der Waals surface area contributed by atoms with Crippen molar-refractivity contribution in [3.63, 3.8) is 0 Å². The lowest BCUT2D eigenvalue weighted by molar-refractivity contribution is -0.119. The number of amides is 2. The first-order chi connectivity index (χ1) is 13.5. The molecule has 28 heavy (non-hydrogen) atoms. The zero-order valence-electron chi connectivity index (χ0n) is 16.7. The lowest BCUT2D eigenvalue weighted by Gasteiger charge is -2.25. The third-order valence-corrected chi connectivity index (χ3v) is 4.07. The van der Waals surface area contributed by atoms with Crippen molar-refractivity contribution in [2.75, 3.05) is 58.3 Å². The Labute approximate surface area is 165 Å². The average molecular weight is 389 g/mol. The van der Waals surface area contributed by atoms with E-state index < -0.39 is 0 Å². The smallest absolute Gasteiger partial charge is 0.289 e. The van der Waals surface area contributed by atoms with Gasteiger partial charge in [-0.2, -0.15) is 0 Å². The van der Waals surface area contributed by atoms with Crippen LogP contribution in [0.25, 0.3) is 0 Å². The largest absolute Gasteiger partial charge is 0.459 e. The number of rotatable bonds is 10. The summed E-state index contributed by atoms with van der Waals surface area (Å²) >= 11 is 0. The van der Waals surface area contributed by atoms with Gasteiger partial charge in [-0.05, 0) is 35.9 Å². The molecule has 1 heterocycles. The topological polar surface area (TPSA) is 84.2 Å². The number of carbonyl (C=O) groups excluding carboxylic acids is 2. The van der Waals surface area contributed by atoms with E-state index in [2.05, 4.69) is 5.32 Å². The van der Waals surface area contributed by atoms with Gasteiger partial charge in [0.1, 0.15) is 6.61 Å². The molecule has 0 unspecified atom stereocenters. The van der Waals surface area contributed by atoms with Crippen LogP contribution in [-0.2, 0) is 20.8 Å². The van der Waals surface area contributed by atoms with Crippen molar-refractivity contribution in [1.29, 1.82) is 0 Å². The monoisotopic (exact) mass is 389 g/mol. The fraction of sp³-hybridized carbons (Fsp3) is 0.400. The maximum atomic E-state index is 12.8. The van der Waals surface area contributed by atoms with Crippen molar-refractivity contribution in [3.05, 3.63) is 47.9 Å². The first-order valence-corrected chi connectivity index (χ1v) is 8.87. The Balaban J connectivity index is 2.29. The normalized spacial score (nSPS) is 10.6. The van der Waals surface area contributed by atoms with Gasteiger partial charge in [0.05, 0.1) is 12.9 Å². The molecule has 0 aliphatic heterocycles. The number of ether oxygens (including phenoxy) is 2. The molecule has 0 aliphatic carbocycles. The van der Waals surface area contributed by atoms with Crippen molar-refractivity contribution < 1.29 is 23.5 Å². The van der Waals surface area contributed by atoms with Crippen LogP contribution < -0.4 is 10.2 Å². The molecule has 2 amide bonds. The molecule has 8 nitrogen and oxygen atoms in total. The third-order valence-electron chi connectivity index (χ3n) is 4.07. The zero-order valence-corrected chi connectivity index (χ0v) is 16.7. The van der Waals surface area contributed by atoms with Crippen LogP contribution in [-0.4, -0.2) is 64.8 Å². The summed E-state index contributed by atoms with van der Waals surface area (Å²) in [6.45, 7) is 1.11. The molecule has 0 saturated carbocycles. The van der Waals surface area contributed by atoms with E-state index in [0.29, 0.717) is 25.4 Å². The summed E-state index contributed by atoms with van der Waals surface area (Å²) in [5.74, 6) is -0.193. The standard InChI is InChI=1S/C20H27N3O5/c1-22(2)17-8-7-16(21-19(24)14-27-4)12-15(17)13-23(9-11-26-3)20(25)18-6-5-10-28-18/h5-8,10,12H,9,11,13-14H2,1-4H3,(H,21,24). The Morgan fingerprint density at radius 1 is 1.14 bits per heavy atom. The van der Waals surface area contributed by atoms with E-state index in [4.69, 9.17) is 13.9 Å². The fourth-order valence-electron chi connectivity index (χ4n) is 2.77. The van der Waals surface area contributed by atoms with Gasteiger partial charge in [-0.1, -0.05) is 0 Å². The van der Waals surface area contributed by atoms with E-state index >= 15 is 0 Å². The number of nitrogens with one attached hydrogen (secondary N) is 1. The molecule has 0 spiro atoms. The number of carbonyl (C=O) groups is 2. The second-order valence-electron chi connectivity index (χ2n) is 6.42. The van der Waals surface area contributed by atoms with Crippen LogP contribution in [0.1, 0.15) is 16.1 Å². The number of hydrogen-bond acceptors (Lipinski definition) is 6. The van der Waals surface area contributed by atoms with Crippen LogP contribution in [0.15, 0.2) is 41.0 Å². The van der Waals surface area contributed by atoms with E-state index in [1.807, 2.05) is 37.2 Å². The zero-order chi connectivity index (χ0) is 20.5. The SMILES string of the molecule is COCCN(Cc1cc(NC(=O)COC)ccc1N(C)C)C(=O)c1ccco1. The van der Waals surface area contributed by atoms with Gasteiger partial charge in [-0.3, -0.25) is 9.59 Å². The van der Waals surface area contributed by atoms with Gasteiger partial charge in [0, 0.05) is 52.8 Å². The molecule has 0 atom stereocenters. The summed E-state index contributed by atoms with van der Waals surface area (Å²) in [6, 6.07) is 8.90. The Kier molecular flexibility index (Phi) is 8.03. The quantitative estimate of drug-likeness (QED) is 0.671. The highest BCUT2D eigenvalue weighted by atomic mass is 16.5. The van der Waals surface area contributed by atoms with Crippen molar-refractivity contribution in [2.45, 2.75) is 6.54 Å². The molecule has 0 radical (unpaired) electrons. The summed E-state index contributed by atoms with van der Waals surface area (Å²) in [4.78, 5) is 28.3. The van der Waals surface area contributed by atoms with E-state index in [-0.39, 0.29) is 24.2 Å². The van der Waals surface area contributed by atoms with Gasteiger partial charge in [-0.25, -0.2) is 0 Å². The first-order valence-electron chi connectivity index (χ1n) is 8.87. The van der Waals surface area contributed by atoms with Crippen molar-refractivity contribution >= 4 is 23.2 Å². The van der Waals surface area contributed by atoms with Gasteiger partial charge in [0.15, 0.2) is 5.76 Å². The molecule has 1 N–H and O–H groups in total. The third kappa shape index (κ3) is 5.83. The van der Waals surface area contributed by atoms with Crippen LogP contribution in [0.4, 0.5) is 11.4 Å². The summed E-state index contributed by atoms with van der Waals surface area (Å²) in [5.41, 5.74) is 2.47. The molecular formula is C20H27N3O5. The maximum Gasteiger partial charge on any atom is 0.289 e. The Morgan fingerprint density at radius 3 is 2.54 bits per heavy atom. The molecule has 1 aromatic carbocycles. The van der Waals surface area contributed by atoms with Crippen LogP contribution >= 0.6 is 0 Å². The van der Waals surface area contributed by atoms with E-state index in [1.165, 1.54) is 13.4 Å². The van der Waals surface area contributed by atoms with Gasteiger partial charge in [0.2, 0.25) is 5.91 Å². The number of benzene rings is 1. The fourth-order valence-corrected chi connectivity index (χ4v) is 2.77. The number of hydrogen-bond donors (Lipinski definition) is 1. The summed E-state index contributed by atoms with van der Waals surface area (Å²) in [7, 11) is 6.91. The van der Waals surface area contributed by atoms with Gasteiger partial charge in [0.25, 0.3) is 5.91 Å². The number of furan rings is 1. The van der Waals surface area contributed by atoms with Crippen LogP contribution in [0.3, 0.4) is 0 Å². The molecule has 0 bridgehead atoms. The molecule has 0 fully saturated rings. The highest BCUT2D eigenvalue weighted by molar-refractivity contribution is 5.93. The summed E-state index contributed by atoms with van der Waals surface area (Å²) < 4.78 is 15.3. The van der Waals surface area contributed by atoms with Gasteiger partial charge < -0.3 is 29.0 Å². The van der Waals surface area contributed by atoms with E-state index in [1.54, 1.807) is 24.1 Å². The minimum absolute atomic E-state index is 0.0261. The highest BCUT2D eigenvalue weighted by Gasteiger charge is 2.20. The summed E-state index contributed by atoms with van der Waals surface area (Å²) in [6.07, 6.45) is 1.47. The highest BCUT2D eigenvalue weighted by Crippen LogP contribution is 2.25. The Hall–Kier alpha value is -2.84. The number of nitrogens with zero attached hydrogens (tertiary/aromatic N) is 2. The van der Waals surface area contributed by atoms with Gasteiger partial charge in [-0.15, -0.1) is 0 Å². The average Bonchev–Trinajstić information content (AvgIpc) is 3.19. The molecule has 8 heteroatoms. The van der Waals surface area contributed by atoms with Crippen molar-refractivity contribution in [1.82, 2.24) is 4.90 Å². The van der Waals surface area contributed by atoms with Crippen LogP contribution in [0.2, 0.25) is 0 Å². The Morgan fingerprint density at radius 2 is 1.93 bits per heavy atom. The molecular weight excluding hydrogens is 362 g/mol. The molecule has 152 valence electrons.